The average Bonchev–Trinajstić information content (AvgIpc) is 2.78. The number of hydrogen-bond donors (Lipinski definition) is 1. The Bertz CT molecular complexity index is 477. The van der Waals surface area contributed by atoms with Crippen molar-refractivity contribution in [2.75, 3.05) is 5.32 Å². The average molecular weight is 264 g/mol. The van der Waals surface area contributed by atoms with Crippen molar-refractivity contribution in [3.63, 3.8) is 0 Å². The first-order valence-electron chi connectivity index (χ1n) is 6.90. The van der Waals surface area contributed by atoms with Crippen molar-refractivity contribution in [3.8, 4) is 0 Å². The van der Waals surface area contributed by atoms with Gasteiger partial charge >= 0.3 is 0 Å². The van der Waals surface area contributed by atoms with E-state index >= 15 is 0 Å². The molecule has 1 aliphatic carbocycles. The fraction of sp³-hybridized carbons (Fsp3) is 0.692. The molecule has 18 heavy (non-hydrogen) atoms. The number of imidazole rings is 1. The highest BCUT2D eigenvalue weighted by Crippen LogP contribution is 2.24. The van der Waals surface area contributed by atoms with Crippen LogP contribution in [-0.2, 0) is 0 Å². The maximum absolute atomic E-state index is 4.54. The van der Waals surface area contributed by atoms with Crippen molar-refractivity contribution in [2.24, 2.45) is 0 Å². The van der Waals surface area contributed by atoms with Crippen LogP contribution in [0.15, 0.2) is 6.20 Å². The molecule has 0 unspecified atom stereocenters. The second-order valence-electron chi connectivity index (χ2n) is 5.20. The lowest BCUT2D eigenvalue weighted by molar-refractivity contribution is 0.471. The van der Waals surface area contributed by atoms with Crippen LogP contribution in [0, 0.1) is 6.92 Å². The van der Waals surface area contributed by atoms with Crippen LogP contribution in [0.1, 0.15) is 50.6 Å². The monoisotopic (exact) mass is 264 g/mol. The molecule has 1 aliphatic rings. The molecule has 0 aliphatic heterocycles. The summed E-state index contributed by atoms with van der Waals surface area (Å²) in [5.74, 6) is 0. The van der Waals surface area contributed by atoms with Crippen molar-refractivity contribution in [2.45, 2.75) is 57.9 Å². The van der Waals surface area contributed by atoms with Gasteiger partial charge in [-0.1, -0.05) is 43.4 Å². The van der Waals surface area contributed by atoms with Gasteiger partial charge in [0.15, 0.2) is 0 Å². The van der Waals surface area contributed by atoms with E-state index in [1.165, 1.54) is 44.9 Å². The molecule has 0 atom stereocenters. The van der Waals surface area contributed by atoms with Gasteiger partial charge in [0.25, 0.3) is 0 Å². The Labute approximate surface area is 111 Å². The standard InChI is InChI=1S/C13H20N4S/c1-10-9-17-13(14-10)18-12(16-17)15-11-7-5-3-2-4-6-8-11/h9,11H,2-8H2,1H3,(H,15,16). The number of nitrogens with zero attached hydrogens (tertiary/aromatic N) is 3. The molecule has 1 N–H and O–H groups in total. The highest BCUT2D eigenvalue weighted by Gasteiger charge is 2.14. The van der Waals surface area contributed by atoms with Crippen LogP contribution >= 0.6 is 11.3 Å². The van der Waals surface area contributed by atoms with Crippen LogP contribution < -0.4 is 5.32 Å². The van der Waals surface area contributed by atoms with E-state index in [4.69, 9.17) is 0 Å². The first kappa shape index (κ1) is 12.0. The number of fused-ring (bicyclic) bond motifs is 1. The van der Waals surface area contributed by atoms with Crippen LogP contribution in [0.2, 0.25) is 0 Å². The van der Waals surface area contributed by atoms with E-state index in [1.807, 2.05) is 17.6 Å². The van der Waals surface area contributed by atoms with Gasteiger partial charge < -0.3 is 5.32 Å². The molecule has 98 valence electrons. The third-order valence-corrected chi connectivity index (χ3v) is 4.45. The topological polar surface area (TPSA) is 42.2 Å². The van der Waals surface area contributed by atoms with Crippen LogP contribution in [0.3, 0.4) is 0 Å². The van der Waals surface area contributed by atoms with E-state index in [2.05, 4.69) is 15.4 Å². The van der Waals surface area contributed by atoms with Gasteiger partial charge in [0, 0.05) is 6.04 Å². The van der Waals surface area contributed by atoms with Gasteiger partial charge in [-0.2, -0.15) is 0 Å². The van der Waals surface area contributed by atoms with Gasteiger partial charge in [0.05, 0.1) is 11.9 Å². The fourth-order valence-electron chi connectivity index (χ4n) is 2.64. The largest absolute Gasteiger partial charge is 0.357 e. The van der Waals surface area contributed by atoms with E-state index in [0.717, 1.165) is 15.8 Å². The molecule has 0 amide bonds. The molecule has 0 saturated heterocycles. The number of nitrogens with one attached hydrogen (secondary N) is 1. The Morgan fingerprint density at radius 3 is 2.67 bits per heavy atom. The van der Waals surface area contributed by atoms with Crippen LogP contribution in [-0.4, -0.2) is 20.6 Å². The molecule has 2 heterocycles. The second kappa shape index (κ2) is 5.26. The van der Waals surface area contributed by atoms with Gasteiger partial charge in [-0.15, -0.1) is 5.10 Å². The predicted octanol–water partition coefficient (Wildman–Crippen LogP) is 3.62. The quantitative estimate of drug-likeness (QED) is 0.900. The summed E-state index contributed by atoms with van der Waals surface area (Å²) in [7, 11) is 0. The zero-order valence-corrected chi connectivity index (χ0v) is 11.7. The lowest BCUT2D eigenvalue weighted by Crippen LogP contribution is -2.20. The summed E-state index contributed by atoms with van der Waals surface area (Å²) >= 11 is 1.65. The van der Waals surface area contributed by atoms with Gasteiger partial charge in [0.1, 0.15) is 0 Å². The highest BCUT2D eigenvalue weighted by atomic mass is 32.1. The number of anilines is 1. The minimum absolute atomic E-state index is 0.599. The first-order chi connectivity index (χ1) is 8.81. The molecule has 2 aromatic heterocycles. The molecular weight excluding hydrogens is 244 g/mol. The van der Waals surface area contributed by atoms with Gasteiger partial charge in [-0.25, -0.2) is 9.50 Å². The predicted molar refractivity (Wildman–Crippen MR) is 75.3 cm³/mol. The number of aryl methyl sites for hydroxylation is 1. The normalized spacial score (nSPS) is 18.7. The number of aromatic nitrogens is 3. The zero-order valence-electron chi connectivity index (χ0n) is 10.9. The summed E-state index contributed by atoms with van der Waals surface area (Å²) in [6.07, 6.45) is 11.4. The molecule has 0 spiro atoms. The third-order valence-electron chi connectivity index (χ3n) is 3.60. The van der Waals surface area contributed by atoms with Crippen LogP contribution in [0.4, 0.5) is 5.13 Å². The minimum Gasteiger partial charge on any atom is -0.357 e. The summed E-state index contributed by atoms with van der Waals surface area (Å²) in [6, 6.07) is 0.599. The molecule has 0 bridgehead atoms. The molecule has 1 fully saturated rings. The van der Waals surface area contributed by atoms with Crippen molar-refractivity contribution < 1.29 is 0 Å². The molecule has 0 radical (unpaired) electrons. The van der Waals surface area contributed by atoms with Crippen molar-refractivity contribution in [1.29, 1.82) is 0 Å². The molecule has 5 heteroatoms. The smallest absolute Gasteiger partial charge is 0.214 e. The summed E-state index contributed by atoms with van der Waals surface area (Å²) in [6.45, 7) is 2.00. The summed E-state index contributed by atoms with van der Waals surface area (Å²) in [5.41, 5.74) is 1.03. The Morgan fingerprint density at radius 1 is 1.22 bits per heavy atom. The maximum atomic E-state index is 4.54. The number of hydrogen-bond acceptors (Lipinski definition) is 4. The van der Waals surface area contributed by atoms with Gasteiger partial charge in [-0.3, -0.25) is 0 Å². The first-order valence-corrected chi connectivity index (χ1v) is 7.72. The molecular formula is C13H20N4S. The Kier molecular flexibility index (Phi) is 3.50. The third kappa shape index (κ3) is 2.66. The van der Waals surface area contributed by atoms with Crippen molar-refractivity contribution in [1.82, 2.24) is 14.6 Å². The molecule has 1 saturated carbocycles. The van der Waals surface area contributed by atoms with Gasteiger partial charge in [-0.05, 0) is 19.8 Å². The Hall–Kier alpha value is -1.10. The minimum atomic E-state index is 0.599. The van der Waals surface area contributed by atoms with E-state index in [1.54, 1.807) is 11.3 Å². The molecule has 3 rings (SSSR count). The van der Waals surface area contributed by atoms with E-state index in [0.29, 0.717) is 6.04 Å². The highest BCUT2D eigenvalue weighted by molar-refractivity contribution is 7.20. The van der Waals surface area contributed by atoms with Crippen molar-refractivity contribution >= 4 is 21.4 Å². The summed E-state index contributed by atoms with van der Waals surface area (Å²) < 4.78 is 1.88. The Morgan fingerprint density at radius 2 is 1.94 bits per heavy atom. The molecule has 4 nitrogen and oxygen atoms in total. The zero-order chi connectivity index (χ0) is 12.4. The van der Waals surface area contributed by atoms with Gasteiger partial charge in [0.2, 0.25) is 10.1 Å². The van der Waals surface area contributed by atoms with Crippen molar-refractivity contribution in [3.05, 3.63) is 11.9 Å². The summed E-state index contributed by atoms with van der Waals surface area (Å²) in [4.78, 5) is 5.43. The van der Waals surface area contributed by atoms with E-state index < -0.39 is 0 Å². The number of rotatable bonds is 2. The van der Waals surface area contributed by atoms with Crippen LogP contribution in [0.25, 0.3) is 4.96 Å². The maximum Gasteiger partial charge on any atom is 0.214 e. The summed E-state index contributed by atoms with van der Waals surface area (Å²) in [5, 5.41) is 9.15. The SMILES string of the molecule is Cc1cn2nc(NC3CCCCCCC3)sc2n1. The lowest BCUT2D eigenvalue weighted by atomic mass is 9.97. The Balaban J connectivity index is 1.68. The molecule has 0 aromatic carbocycles. The van der Waals surface area contributed by atoms with Crippen LogP contribution in [0.5, 0.6) is 0 Å². The van der Waals surface area contributed by atoms with E-state index in [9.17, 15) is 0 Å². The van der Waals surface area contributed by atoms with E-state index in [-0.39, 0.29) is 0 Å². The molecule has 2 aromatic rings. The second-order valence-corrected chi connectivity index (χ2v) is 6.16. The lowest BCUT2D eigenvalue weighted by Gasteiger charge is -2.20. The fourth-order valence-corrected chi connectivity index (χ4v) is 3.55.